The lowest BCUT2D eigenvalue weighted by Gasteiger charge is -2.18. The van der Waals surface area contributed by atoms with Crippen molar-refractivity contribution in [3.8, 4) is 11.1 Å². The van der Waals surface area contributed by atoms with Gasteiger partial charge in [-0.25, -0.2) is 14.0 Å². The lowest BCUT2D eigenvalue weighted by Crippen LogP contribution is -2.41. The number of amides is 4. The Kier molecular flexibility index (Phi) is 14.0. The average Bonchev–Trinajstić information content (AvgIpc) is 2.99. The Morgan fingerprint density at radius 1 is 0.733 bits per heavy atom. The van der Waals surface area contributed by atoms with Crippen LogP contribution in [0.15, 0.2) is 78.9 Å². The smallest absolute Gasteiger partial charge is 0.481 e. The molecular weight excluding hydrogens is 604 g/mol. The molecule has 1 atom stereocenters. The minimum absolute atomic E-state index is 0.0398. The molecule has 11 nitrogen and oxygen atoms in total. The first kappa shape index (κ1) is 35.7. The van der Waals surface area contributed by atoms with Gasteiger partial charge in [0.2, 0.25) is 11.8 Å². The van der Waals surface area contributed by atoms with E-state index in [0.29, 0.717) is 5.56 Å². The Bertz CT molecular complexity index is 1440. The van der Waals surface area contributed by atoms with Crippen LogP contribution < -0.4 is 21.3 Å². The van der Waals surface area contributed by atoms with E-state index < -0.39 is 42.0 Å². The standard InChI is InChI=1S/C28H29FN4O5.C2HF3O2/c29-23-12-6-19(7-13-23)17-32-28(38)30-15-14-25(34)31-18-26(35)33-24(16-27(36)37)22-10-8-21(9-11-22)20-4-2-1-3-5-20;3-2(4,5)1(6)7/h1-13,24H,14-18H2,(H,31,34)(H,33,35)(H,36,37)(H2,30,32,38);(H,6,7). The van der Waals surface area contributed by atoms with Crippen LogP contribution in [0.4, 0.5) is 22.4 Å². The lowest BCUT2D eigenvalue weighted by molar-refractivity contribution is -0.192. The van der Waals surface area contributed by atoms with E-state index in [-0.39, 0.29) is 38.3 Å². The van der Waals surface area contributed by atoms with Gasteiger partial charge in [-0.3, -0.25) is 14.4 Å². The summed E-state index contributed by atoms with van der Waals surface area (Å²) in [5, 5.41) is 26.6. The number of carboxylic acids is 2. The van der Waals surface area contributed by atoms with Gasteiger partial charge >= 0.3 is 24.1 Å². The first-order valence-corrected chi connectivity index (χ1v) is 13.2. The number of halogens is 4. The minimum Gasteiger partial charge on any atom is -0.481 e. The first-order valence-electron chi connectivity index (χ1n) is 13.2. The maximum atomic E-state index is 12.9. The van der Waals surface area contributed by atoms with Crippen molar-refractivity contribution in [2.24, 2.45) is 0 Å². The summed E-state index contributed by atoms with van der Waals surface area (Å²) in [6.07, 6.45) is -5.46. The second kappa shape index (κ2) is 17.6. The van der Waals surface area contributed by atoms with E-state index in [2.05, 4.69) is 21.3 Å². The number of nitrogens with one attached hydrogen (secondary N) is 4. The first-order chi connectivity index (χ1) is 21.2. The van der Waals surface area contributed by atoms with E-state index in [4.69, 9.17) is 9.90 Å². The van der Waals surface area contributed by atoms with Gasteiger partial charge in [0.1, 0.15) is 5.82 Å². The minimum atomic E-state index is -5.08. The highest BCUT2D eigenvalue weighted by Crippen LogP contribution is 2.23. The van der Waals surface area contributed by atoms with Gasteiger partial charge in [-0.05, 0) is 34.4 Å². The summed E-state index contributed by atoms with van der Waals surface area (Å²) in [5.41, 5.74) is 3.32. The van der Waals surface area contributed by atoms with Crippen molar-refractivity contribution >= 4 is 29.8 Å². The van der Waals surface area contributed by atoms with Crippen molar-refractivity contribution in [1.29, 1.82) is 0 Å². The van der Waals surface area contributed by atoms with E-state index in [0.717, 1.165) is 16.7 Å². The van der Waals surface area contributed by atoms with Crippen molar-refractivity contribution < 1.29 is 51.7 Å². The Hall–Kier alpha value is -5.47. The molecule has 3 aromatic carbocycles. The highest BCUT2D eigenvalue weighted by molar-refractivity contribution is 5.85. The SMILES string of the molecule is O=C(O)C(F)(F)F.O=C(O)CC(NC(=O)CNC(=O)CCNC(=O)NCc1ccc(F)cc1)c1ccc(-c2ccccc2)cc1. The number of aliphatic carboxylic acids is 2. The van der Waals surface area contributed by atoms with Gasteiger partial charge in [-0.2, -0.15) is 13.2 Å². The molecule has 6 N–H and O–H groups in total. The van der Waals surface area contributed by atoms with Crippen molar-refractivity contribution in [1.82, 2.24) is 21.3 Å². The highest BCUT2D eigenvalue weighted by atomic mass is 19.4. The lowest BCUT2D eigenvalue weighted by atomic mass is 9.99. The third-order valence-electron chi connectivity index (χ3n) is 5.83. The van der Waals surface area contributed by atoms with Crippen LogP contribution in [0.3, 0.4) is 0 Å². The largest absolute Gasteiger partial charge is 0.490 e. The highest BCUT2D eigenvalue weighted by Gasteiger charge is 2.38. The quantitative estimate of drug-likeness (QED) is 0.165. The van der Waals surface area contributed by atoms with Gasteiger partial charge in [0.15, 0.2) is 0 Å². The number of urea groups is 1. The van der Waals surface area contributed by atoms with Crippen molar-refractivity contribution in [2.45, 2.75) is 31.6 Å². The zero-order chi connectivity index (χ0) is 33.4. The molecule has 0 fully saturated rings. The number of carbonyl (C=O) groups excluding carboxylic acids is 3. The summed E-state index contributed by atoms with van der Waals surface area (Å²) in [6.45, 7) is -0.100. The predicted octanol–water partition coefficient (Wildman–Crippen LogP) is 3.76. The zero-order valence-electron chi connectivity index (χ0n) is 23.6. The molecular formula is C30H30F4N4O7. The average molecular weight is 635 g/mol. The number of carboxylic acid groups (broad SMARTS) is 2. The summed E-state index contributed by atoms with van der Waals surface area (Å²) >= 11 is 0. The van der Waals surface area contributed by atoms with E-state index in [1.165, 1.54) is 12.1 Å². The Balaban J connectivity index is 0.000000900. The Morgan fingerprint density at radius 2 is 1.31 bits per heavy atom. The maximum absolute atomic E-state index is 12.9. The van der Waals surface area contributed by atoms with Crippen molar-refractivity contribution in [3.63, 3.8) is 0 Å². The van der Waals surface area contributed by atoms with Crippen LogP contribution in [0.2, 0.25) is 0 Å². The van der Waals surface area contributed by atoms with Crippen LogP contribution in [-0.2, 0) is 25.7 Å². The Morgan fingerprint density at radius 3 is 1.87 bits per heavy atom. The number of alkyl halides is 3. The molecule has 0 aliphatic rings. The molecule has 3 rings (SSSR count). The molecule has 15 heteroatoms. The van der Waals surface area contributed by atoms with E-state index >= 15 is 0 Å². The number of hydrogen-bond donors (Lipinski definition) is 6. The molecule has 0 spiro atoms. The molecule has 0 bridgehead atoms. The molecule has 0 saturated heterocycles. The molecule has 0 aliphatic heterocycles. The molecule has 0 aliphatic carbocycles. The molecule has 3 aromatic rings. The summed E-state index contributed by atoms with van der Waals surface area (Å²) in [6, 6.07) is 21.4. The second-order valence-electron chi connectivity index (χ2n) is 9.27. The summed E-state index contributed by atoms with van der Waals surface area (Å²) in [5.74, 6) is -5.20. The fraction of sp³-hybridized carbons (Fsp3) is 0.233. The van der Waals surface area contributed by atoms with Crippen LogP contribution in [0.1, 0.15) is 30.0 Å². The van der Waals surface area contributed by atoms with Crippen LogP contribution in [0, 0.1) is 5.82 Å². The molecule has 0 saturated carbocycles. The number of benzene rings is 3. The molecule has 4 amide bonds. The Labute approximate surface area is 254 Å². The predicted molar refractivity (Wildman–Crippen MR) is 153 cm³/mol. The number of hydrogen-bond acceptors (Lipinski definition) is 5. The van der Waals surface area contributed by atoms with E-state index in [1.54, 1.807) is 24.3 Å². The third kappa shape index (κ3) is 14.0. The van der Waals surface area contributed by atoms with Gasteiger partial charge in [0, 0.05) is 19.5 Å². The van der Waals surface area contributed by atoms with Crippen LogP contribution in [0.5, 0.6) is 0 Å². The summed E-state index contributed by atoms with van der Waals surface area (Å²) < 4.78 is 44.6. The van der Waals surface area contributed by atoms with Gasteiger partial charge in [0.25, 0.3) is 0 Å². The molecule has 0 radical (unpaired) electrons. The van der Waals surface area contributed by atoms with Gasteiger partial charge in [0.05, 0.1) is 19.0 Å². The van der Waals surface area contributed by atoms with Crippen LogP contribution >= 0.6 is 0 Å². The van der Waals surface area contributed by atoms with E-state index in [9.17, 15) is 41.8 Å². The van der Waals surface area contributed by atoms with Gasteiger partial charge in [-0.1, -0.05) is 66.7 Å². The maximum Gasteiger partial charge on any atom is 0.490 e. The molecule has 45 heavy (non-hydrogen) atoms. The van der Waals surface area contributed by atoms with E-state index in [1.807, 2.05) is 42.5 Å². The van der Waals surface area contributed by atoms with Crippen LogP contribution in [0.25, 0.3) is 11.1 Å². The zero-order valence-corrected chi connectivity index (χ0v) is 23.6. The summed E-state index contributed by atoms with van der Waals surface area (Å²) in [4.78, 5) is 56.5. The van der Waals surface area contributed by atoms with Gasteiger partial charge < -0.3 is 31.5 Å². The summed E-state index contributed by atoms with van der Waals surface area (Å²) in [7, 11) is 0. The van der Waals surface area contributed by atoms with Crippen molar-refractivity contribution in [2.75, 3.05) is 13.1 Å². The monoisotopic (exact) mass is 634 g/mol. The second-order valence-corrected chi connectivity index (χ2v) is 9.27. The third-order valence-corrected chi connectivity index (χ3v) is 5.83. The molecule has 0 aromatic heterocycles. The van der Waals surface area contributed by atoms with Gasteiger partial charge in [-0.15, -0.1) is 0 Å². The van der Waals surface area contributed by atoms with Crippen molar-refractivity contribution in [3.05, 3.63) is 95.8 Å². The fourth-order valence-electron chi connectivity index (χ4n) is 3.61. The molecule has 0 heterocycles. The number of rotatable bonds is 12. The molecule has 240 valence electrons. The molecule has 1 unspecified atom stereocenters. The topological polar surface area (TPSA) is 174 Å². The van der Waals surface area contributed by atoms with Crippen LogP contribution in [-0.4, -0.2) is 59.3 Å². The fourth-order valence-corrected chi connectivity index (χ4v) is 3.61. The number of carbonyl (C=O) groups is 5. The normalized spacial score (nSPS) is 11.2.